The fraction of sp³-hybridized carbons (Fsp3) is 0.273. The second-order valence-corrected chi connectivity index (χ2v) is 7.20. The highest BCUT2D eigenvalue weighted by atomic mass is 16.3. The van der Waals surface area contributed by atoms with Gasteiger partial charge in [-0.3, -0.25) is 9.30 Å². The summed E-state index contributed by atoms with van der Waals surface area (Å²) >= 11 is 0. The number of imidazole rings is 1. The minimum Gasteiger partial charge on any atom is -0.395 e. The van der Waals surface area contributed by atoms with Gasteiger partial charge in [-0.2, -0.15) is 0 Å². The summed E-state index contributed by atoms with van der Waals surface area (Å²) in [4.78, 5) is 13.9. The molecule has 1 fully saturated rings. The fourth-order valence-corrected chi connectivity index (χ4v) is 4.02. The lowest BCUT2D eigenvalue weighted by atomic mass is 10.1. The summed E-state index contributed by atoms with van der Waals surface area (Å²) in [6, 6.07) is 14.9. The number of fused-ring (bicyclic) bond motifs is 2. The van der Waals surface area contributed by atoms with Gasteiger partial charge >= 0.3 is 0 Å². The van der Waals surface area contributed by atoms with Gasteiger partial charge in [-0.25, -0.2) is 9.97 Å². The molecule has 0 saturated carbocycles. The van der Waals surface area contributed by atoms with Gasteiger partial charge in [-0.05, 0) is 16.8 Å². The maximum atomic E-state index is 9.14. The number of anilines is 1. The summed E-state index contributed by atoms with van der Waals surface area (Å²) in [5, 5.41) is 11.6. The van der Waals surface area contributed by atoms with Crippen molar-refractivity contribution in [2.75, 3.05) is 44.2 Å². The Hall–Kier alpha value is -2.96. The Kier molecular flexibility index (Phi) is 4.43. The first-order valence-electron chi connectivity index (χ1n) is 9.73. The molecule has 0 atom stereocenters. The van der Waals surface area contributed by atoms with Crippen molar-refractivity contribution in [3.8, 4) is 11.3 Å². The number of hydrogen-bond acceptors (Lipinski definition) is 5. The molecule has 2 aromatic carbocycles. The van der Waals surface area contributed by atoms with Crippen molar-refractivity contribution >= 4 is 22.2 Å². The van der Waals surface area contributed by atoms with E-state index in [1.165, 1.54) is 10.8 Å². The Bertz CT molecular complexity index is 1110. The van der Waals surface area contributed by atoms with Crippen LogP contribution in [-0.2, 0) is 0 Å². The number of β-amino-alcohol motifs (C(OH)–C–C–N with tert-alkyl or cyclic N) is 1. The summed E-state index contributed by atoms with van der Waals surface area (Å²) in [6.45, 7) is 4.60. The third-order valence-corrected chi connectivity index (χ3v) is 5.54. The molecule has 1 aliphatic rings. The van der Waals surface area contributed by atoms with Crippen molar-refractivity contribution < 1.29 is 5.11 Å². The SMILES string of the molecule is OCCN1CCN(c2nccn3c(-c4ccc5ccccc5c4)cnc23)CC1. The quantitative estimate of drug-likeness (QED) is 0.596. The standard InChI is InChI=1S/C22H23N5O/c28-14-13-25-9-11-26(12-10-25)21-22-24-16-20(27(22)8-7-23-21)19-6-5-17-3-1-2-4-18(17)15-19/h1-8,15-16,28H,9-14H2. The predicted octanol–water partition coefficient (Wildman–Crippen LogP) is 2.66. The third-order valence-electron chi connectivity index (χ3n) is 5.54. The molecular formula is C22H23N5O. The van der Waals surface area contributed by atoms with E-state index < -0.39 is 0 Å². The number of nitrogens with zero attached hydrogens (tertiary/aromatic N) is 5. The Morgan fingerprint density at radius 3 is 2.57 bits per heavy atom. The third kappa shape index (κ3) is 3.00. The lowest BCUT2D eigenvalue weighted by Crippen LogP contribution is -2.47. The van der Waals surface area contributed by atoms with Crippen molar-refractivity contribution in [3.05, 3.63) is 61.1 Å². The minimum atomic E-state index is 0.212. The number of aliphatic hydroxyl groups excluding tert-OH is 1. The molecule has 0 spiro atoms. The van der Waals surface area contributed by atoms with E-state index in [1.807, 2.05) is 18.6 Å². The number of aliphatic hydroxyl groups is 1. The highest BCUT2D eigenvalue weighted by Gasteiger charge is 2.21. The molecule has 3 heterocycles. The Labute approximate surface area is 163 Å². The van der Waals surface area contributed by atoms with Crippen LogP contribution in [0.2, 0.25) is 0 Å². The molecule has 1 aliphatic heterocycles. The average Bonchev–Trinajstić information content (AvgIpc) is 3.18. The second kappa shape index (κ2) is 7.22. The van der Waals surface area contributed by atoms with Gasteiger partial charge < -0.3 is 10.0 Å². The molecule has 1 saturated heterocycles. The van der Waals surface area contributed by atoms with Crippen LogP contribution >= 0.6 is 0 Å². The van der Waals surface area contributed by atoms with Crippen LogP contribution in [0.1, 0.15) is 0 Å². The molecule has 142 valence electrons. The molecule has 2 aromatic heterocycles. The first kappa shape index (κ1) is 17.2. The van der Waals surface area contributed by atoms with Crippen molar-refractivity contribution in [1.82, 2.24) is 19.3 Å². The largest absolute Gasteiger partial charge is 0.395 e. The smallest absolute Gasteiger partial charge is 0.180 e. The van der Waals surface area contributed by atoms with Crippen LogP contribution in [0.4, 0.5) is 5.82 Å². The number of benzene rings is 2. The first-order chi connectivity index (χ1) is 13.8. The van der Waals surface area contributed by atoms with Gasteiger partial charge in [-0.1, -0.05) is 36.4 Å². The number of rotatable bonds is 4. The maximum absolute atomic E-state index is 9.14. The van der Waals surface area contributed by atoms with E-state index >= 15 is 0 Å². The topological polar surface area (TPSA) is 56.9 Å². The summed E-state index contributed by atoms with van der Waals surface area (Å²) < 4.78 is 2.13. The summed E-state index contributed by atoms with van der Waals surface area (Å²) in [5.74, 6) is 0.929. The fourth-order valence-electron chi connectivity index (χ4n) is 4.02. The number of hydrogen-bond donors (Lipinski definition) is 1. The van der Waals surface area contributed by atoms with E-state index in [4.69, 9.17) is 10.1 Å². The van der Waals surface area contributed by atoms with Gasteiger partial charge in [0.15, 0.2) is 11.5 Å². The van der Waals surface area contributed by atoms with Gasteiger partial charge in [0.1, 0.15) is 0 Å². The van der Waals surface area contributed by atoms with E-state index in [-0.39, 0.29) is 6.61 Å². The zero-order valence-corrected chi connectivity index (χ0v) is 15.7. The average molecular weight is 373 g/mol. The van der Waals surface area contributed by atoms with Gasteiger partial charge in [0, 0.05) is 50.7 Å². The zero-order chi connectivity index (χ0) is 18.9. The normalized spacial score (nSPS) is 15.5. The lowest BCUT2D eigenvalue weighted by molar-refractivity contribution is 0.188. The van der Waals surface area contributed by atoms with Crippen molar-refractivity contribution in [3.63, 3.8) is 0 Å². The molecule has 4 aromatic rings. The van der Waals surface area contributed by atoms with Crippen molar-refractivity contribution in [2.24, 2.45) is 0 Å². The molecule has 0 amide bonds. The number of aromatic nitrogens is 3. The van der Waals surface area contributed by atoms with E-state index in [0.29, 0.717) is 0 Å². The Morgan fingerprint density at radius 1 is 0.929 bits per heavy atom. The van der Waals surface area contributed by atoms with Crippen LogP contribution in [0.15, 0.2) is 61.1 Å². The highest BCUT2D eigenvalue weighted by molar-refractivity contribution is 5.87. The van der Waals surface area contributed by atoms with Gasteiger partial charge in [-0.15, -0.1) is 0 Å². The predicted molar refractivity (Wildman–Crippen MR) is 112 cm³/mol. The highest BCUT2D eigenvalue weighted by Crippen LogP contribution is 2.28. The Balaban J connectivity index is 1.50. The monoisotopic (exact) mass is 373 g/mol. The van der Waals surface area contributed by atoms with Crippen LogP contribution in [0.5, 0.6) is 0 Å². The molecule has 0 bridgehead atoms. The van der Waals surface area contributed by atoms with Crippen LogP contribution in [0.3, 0.4) is 0 Å². The minimum absolute atomic E-state index is 0.212. The van der Waals surface area contributed by atoms with Crippen LogP contribution < -0.4 is 4.90 Å². The molecule has 28 heavy (non-hydrogen) atoms. The molecule has 0 unspecified atom stereocenters. The van der Waals surface area contributed by atoms with Crippen LogP contribution in [0.25, 0.3) is 27.7 Å². The second-order valence-electron chi connectivity index (χ2n) is 7.20. The molecule has 5 rings (SSSR count). The van der Waals surface area contributed by atoms with E-state index in [0.717, 1.165) is 55.4 Å². The molecule has 6 nitrogen and oxygen atoms in total. The Morgan fingerprint density at radius 2 is 1.75 bits per heavy atom. The lowest BCUT2D eigenvalue weighted by Gasteiger charge is -2.35. The van der Waals surface area contributed by atoms with E-state index in [2.05, 4.69) is 61.6 Å². The summed E-state index contributed by atoms with van der Waals surface area (Å²) in [6.07, 6.45) is 5.78. The molecule has 6 heteroatoms. The van der Waals surface area contributed by atoms with Gasteiger partial charge in [0.05, 0.1) is 18.5 Å². The summed E-state index contributed by atoms with van der Waals surface area (Å²) in [7, 11) is 0. The molecule has 1 N–H and O–H groups in total. The molecule has 0 aliphatic carbocycles. The van der Waals surface area contributed by atoms with Crippen molar-refractivity contribution in [2.45, 2.75) is 0 Å². The molecular weight excluding hydrogens is 350 g/mol. The van der Waals surface area contributed by atoms with E-state index in [1.54, 1.807) is 0 Å². The zero-order valence-electron chi connectivity index (χ0n) is 15.7. The maximum Gasteiger partial charge on any atom is 0.180 e. The van der Waals surface area contributed by atoms with Crippen molar-refractivity contribution in [1.29, 1.82) is 0 Å². The van der Waals surface area contributed by atoms with Crippen LogP contribution in [-0.4, -0.2) is 63.7 Å². The van der Waals surface area contributed by atoms with Gasteiger partial charge in [0.2, 0.25) is 0 Å². The van der Waals surface area contributed by atoms with E-state index in [9.17, 15) is 0 Å². The van der Waals surface area contributed by atoms with Gasteiger partial charge in [0.25, 0.3) is 0 Å². The number of piperazine rings is 1. The first-order valence-corrected chi connectivity index (χ1v) is 9.73. The van der Waals surface area contributed by atoms with Crippen LogP contribution in [0, 0.1) is 0 Å². The molecule has 0 radical (unpaired) electrons. The summed E-state index contributed by atoms with van der Waals surface area (Å²) in [5.41, 5.74) is 3.11.